The highest BCUT2D eigenvalue weighted by Gasteiger charge is 2.77. The molecule has 3 aliphatic rings. The molecule has 3 amide bonds. The number of likely N-dealkylation sites (N-methyl/N-ethyl adjacent to an activating group) is 1. The van der Waals surface area contributed by atoms with Crippen molar-refractivity contribution >= 4 is 29.5 Å². The van der Waals surface area contributed by atoms with Crippen molar-refractivity contribution in [3.63, 3.8) is 0 Å². The van der Waals surface area contributed by atoms with E-state index in [1.807, 2.05) is 25.7 Å². The second-order valence-corrected chi connectivity index (χ2v) is 13.4. The minimum Gasteiger partial charge on any atom is -0.396 e. The number of hydrogen-bond donors (Lipinski definition) is 1. The number of unbranched alkanes of at least 4 members (excludes halogenated alkanes) is 2. The zero-order chi connectivity index (χ0) is 26.2. The lowest BCUT2D eigenvalue weighted by Crippen LogP contribution is -2.58. The Morgan fingerprint density at radius 1 is 1.14 bits per heavy atom. The molecule has 3 fully saturated rings. The first-order valence-electron chi connectivity index (χ1n) is 12.8. The fourth-order valence-corrected chi connectivity index (χ4v) is 8.73. The van der Waals surface area contributed by atoms with Crippen LogP contribution in [0.15, 0.2) is 25.3 Å². The summed E-state index contributed by atoms with van der Waals surface area (Å²) in [4.78, 5) is 47.3. The highest BCUT2D eigenvalue weighted by Crippen LogP contribution is 2.71. The Morgan fingerprint density at radius 3 is 2.37 bits per heavy atom. The molecule has 8 heteroatoms. The molecule has 3 saturated heterocycles. The van der Waals surface area contributed by atoms with Crippen molar-refractivity contribution < 1.29 is 19.5 Å². The number of likely N-dealkylation sites (tertiary alicyclic amines) is 1. The van der Waals surface area contributed by atoms with Gasteiger partial charge in [0.1, 0.15) is 6.04 Å². The fraction of sp³-hybridized carbons (Fsp3) is 0.741. The average molecular weight is 506 g/mol. The molecule has 0 aromatic rings. The first-order chi connectivity index (χ1) is 16.4. The van der Waals surface area contributed by atoms with E-state index in [-0.39, 0.29) is 29.1 Å². The van der Waals surface area contributed by atoms with E-state index in [0.29, 0.717) is 32.5 Å². The van der Waals surface area contributed by atoms with Crippen molar-refractivity contribution in [1.82, 2.24) is 14.7 Å². The van der Waals surface area contributed by atoms with E-state index >= 15 is 0 Å². The summed E-state index contributed by atoms with van der Waals surface area (Å²) >= 11 is 1.71. The second-order valence-electron chi connectivity index (χ2n) is 11.5. The van der Waals surface area contributed by atoms with Crippen LogP contribution in [0.1, 0.15) is 59.8 Å². The van der Waals surface area contributed by atoms with E-state index in [1.165, 1.54) is 0 Å². The molecule has 196 valence electrons. The van der Waals surface area contributed by atoms with Crippen LogP contribution in [0.3, 0.4) is 0 Å². The maximum atomic E-state index is 14.3. The Labute approximate surface area is 215 Å². The predicted octanol–water partition coefficient (Wildman–Crippen LogP) is 3.09. The molecular formula is C27H43N3O4S. The highest BCUT2D eigenvalue weighted by molar-refractivity contribution is 8.02. The van der Waals surface area contributed by atoms with Crippen LogP contribution in [0.4, 0.5) is 0 Å². The van der Waals surface area contributed by atoms with Gasteiger partial charge in [-0.3, -0.25) is 14.4 Å². The van der Waals surface area contributed by atoms with Crippen molar-refractivity contribution in [2.24, 2.45) is 11.8 Å². The van der Waals surface area contributed by atoms with Crippen molar-refractivity contribution in [2.45, 2.75) is 80.9 Å². The van der Waals surface area contributed by atoms with E-state index in [4.69, 9.17) is 0 Å². The van der Waals surface area contributed by atoms with Crippen LogP contribution in [0.2, 0.25) is 0 Å². The molecule has 0 radical (unpaired) electrons. The number of aliphatic hydroxyl groups is 1. The third-order valence-electron chi connectivity index (χ3n) is 8.00. The molecule has 3 aliphatic heterocycles. The Kier molecular flexibility index (Phi) is 8.17. The molecule has 35 heavy (non-hydrogen) atoms. The lowest BCUT2D eigenvalue weighted by Gasteiger charge is -2.42. The lowest BCUT2D eigenvalue weighted by molar-refractivity contribution is -0.146. The average Bonchev–Trinajstić information content (AvgIpc) is 3.34. The molecule has 2 unspecified atom stereocenters. The minimum absolute atomic E-state index is 0.0353. The van der Waals surface area contributed by atoms with Crippen LogP contribution in [0, 0.1) is 11.8 Å². The summed E-state index contributed by atoms with van der Waals surface area (Å²) in [5.74, 6) is -1.13. The first kappa shape index (κ1) is 27.8. The van der Waals surface area contributed by atoms with Crippen LogP contribution < -0.4 is 0 Å². The van der Waals surface area contributed by atoms with E-state index < -0.39 is 28.2 Å². The van der Waals surface area contributed by atoms with Crippen molar-refractivity contribution in [2.75, 3.05) is 33.3 Å². The van der Waals surface area contributed by atoms with Gasteiger partial charge in [0.25, 0.3) is 0 Å². The summed E-state index contributed by atoms with van der Waals surface area (Å²) < 4.78 is -0.987. The van der Waals surface area contributed by atoms with Crippen LogP contribution >= 0.6 is 11.8 Å². The van der Waals surface area contributed by atoms with Crippen molar-refractivity contribution in [3.8, 4) is 0 Å². The Hall–Kier alpha value is -1.80. The van der Waals surface area contributed by atoms with Gasteiger partial charge < -0.3 is 19.8 Å². The largest absolute Gasteiger partial charge is 0.396 e. The number of carbonyl (C=O) groups is 3. The van der Waals surface area contributed by atoms with Gasteiger partial charge in [0.15, 0.2) is 0 Å². The molecule has 3 heterocycles. The number of nitrogens with zero attached hydrogens (tertiary/aromatic N) is 3. The molecule has 0 saturated carbocycles. The monoisotopic (exact) mass is 505 g/mol. The smallest absolute Gasteiger partial charge is 0.247 e. The SMILES string of the molecule is C=CCN(C)C(=O)[C@@H]1[C@H]2C(=O)N(CCCCCO)C(C(=O)N(CC=C)C(C)(C)C)C23CC[C@@]1(C)S3. The molecule has 5 atom stereocenters. The summed E-state index contributed by atoms with van der Waals surface area (Å²) in [5, 5.41) is 9.20. The molecule has 1 spiro atoms. The van der Waals surface area contributed by atoms with E-state index in [0.717, 1.165) is 19.3 Å². The van der Waals surface area contributed by atoms with Crippen molar-refractivity contribution in [1.29, 1.82) is 0 Å². The minimum atomic E-state index is -0.611. The maximum Gasteiger partial charge on any atom is 0.247 e. The summed E-state index contributed by atoms with van der Waals surface area (Å²) in [7, 11) is 1.76. The van der Waals surface area contributed by atoms with Gasteiger partial charge in [0, 0.05) is 43.6 Å². The van der Waals surface area contributed by atoms with E-state index in [1.54, 1.807) is 40.8 Å². The van der Waals surface area contributed by atoms with Gasteiger partial charge in [-0.25, -0.2) is 0 Å². The molecular weight excluding hydrogens is 462 g/mol. The normalized spacial score (nSPS) is 31.4. The fourth-order valence-electron chi connectivity index (χ4n) is 6.38. The zero-order valence-corrected chi connectivity index (χ0v) is 22.9. The van der Waals surface area contributed by atoms with Gasteiger partial charge in [-0.15, -0.1) is 24.9 Å². The predicted molar refractivity (Wildman–Crippen MR) is 141 cm³/mol. The van der Waals surface area contributed by atoms with Gasteiger partial charge in [0.05, 0.1) is 16.6 Å². The van der Waals surface area contributed by atoms with Crippen molar-refractivity contribution in [3.05, 3.63) is 25.3 Å². The third kappa shape index (κ3) is 4.68. The molecule has 1 N–H and O–H groups in total. The standard InChI is InChI=1S/C27H43N3O4S/c1-8-15-28(7)22(32)19-20-23(33)29(17-11-10-12-18-31)21(27(20)14-13-26(19,6)35-27)24(34)30(16-9-2)25(3,4)5/h8-9,19-21,31H,1-2,10-18H2,3-7H3/t19-,20-,21?,26+,27?/m0/s1. The number of thioether (sulfide) groups is 1. The summed E-state index contributed by atoms with van der Waals surface area (Å²) in [5.41, 5.74) is -0.434. The van der Waals surface area contributed by atoms with Gasteiger partial charge in [0.2, 0.25) is 17.7 Å². The third-order valence-corrected chi connectivity index (χ3v) is 9.99. The van der Waals surface area contributed by atoms with Crippen LogP contribution in [0.25, 0.3) is 0 Å². The van der Waals surface area contributed by atoms with E-state index in [2.05, 4.69) is 20.1 Å². The zero-order valence-electron chi connectivity index (χ0n) is 22.1. The summed E-state index contributed by atoms with van der Waals surface area (Å²) in [6.45, 7) is 17.1. The Bertz CT molecular complexity index is 871. The second kappa shape index (κ2) is 10.3. The first-order valence-corrected chi connectivity index (χ1v) is 13.6. The van der Waals surface area contributed by atoms with Crippen LogP contribution in [0.5, 0.6) is 0 Å². The van der Waals surface area contributed by atoms with E-state index in [9.17, 15) is 19.5 Å². The number of aliphatic hydroxyl groups excluding tert-OH is 1. The molecule has 0 aliphatic carbocycles. The topological polar surface area (TPSA) is 81.2 Å². The molecule has 0 aromatic carbocycles. The number of fused-ring (bicyclic) bond motifs is 1. The maximum absolute atomic E-state index is 14.3. The van der Waals surface area contributed by atoms with Gasteiger partial charge in [-0.2, -0.15) is 0 Å². The molecule has 2 bridgehead atoms. The van der Waals surface area contributed by atoms with Gasteiger partial charge in [-0.05, 0) is 59.8 Å². The Balaban J connectivity index is 2.06. The number of amides is 3. The highest BCUT2D eigenvalue weighted by atomic mass is 32.2. The number of rotatable bonds is 11. The van der Waals surface area contributed by atoms with Gasteiger partial charge >= 0.3 is 0 Å². The molecule has 7 nitrogen and oxygen atoms in total. The summed E-state index contributed by atoms with van der Waals surface area (Å²) in [6.07, 6.45) is 7.14. The lowest BCUT2D eigenvalue weighted by atomic mass is 9.66. The number of carbonyl (C=O) groups excluding carboxylic acids is 3. The Morgan fingerprint density at radius 2 is 1.80 bits per heavy atom. The number of hydrogen-bond acceptors (Lipinski definition) is 5. The molecule has 3 rings (SSSR count). The van der Waals surface area contributed by atoms with Crippen LogP contribution in [-0.4, -0.2) is 91.9 Å². The van der Waals surface area contributed by atoms with Crippen LogP contribution in [-0.2, 0) is 14.4 Å². The molecule has 0 aromatic heterocycles. The van der Waals surface area contributed by atoms with Gasteiger partial charge in [-0.1, -0.05) is 12.2 Å². The quantitative estimate of drug-likeness (QED) is 0.345. The summed E-state index contributed by atoms with van der Waals surface area (Å²) in [6, 6.07) is -0.609.